The van der Waals surface area contributed by atoms with Crippen molar-refractivity contribution in [1.82, 2.24) is 9.78 Å². The van der Waals surface area contributed by atoms with Crippen LogP contribution in [0.15, 0.2) is 70.4 Å². The lowest BCUT2D eigenvalue weighted by atomic mass is 9.68. The molecule has 7 nitrogen and oxygen atoms in total. The predicted molar refractivity (Wildman–Crippen MR) is 125 cm³/mol. The van der Waals surface area contributed by atoms with E-state index in [9.17, 15) is 13.2 Å². The number of primary sulfonamides is 1. The Balaban J connectivity index is 1.58. The molecule has 1 aliphatic rings. The van der Waals surface area contributed by atoms with Crippen LogP contribution in [-0.4, -0.2) is 24.7 Å². The largest absolute Gasteiger partial charge is 0.330 e. The zero-order chi connectivity index (χ0) is 22.9. The number of nitrogens with zero attached hydrogens (tertiary/aromatic N) is 2. The van der Waals surface area contributed by atoms with Crippen molar-refractivity contribution >= 4 is 21.6 Å². The van der Waals surface area contributed by atoms with Gasteiger partial charge in [0.15, 0.2) is 0 Å². The van der Waals surface area contributed by atoms with E-state index in [0.717, 1.165) is 31.2 Å². The highest BCUT2D eigenvalue weighted by Crippen LogP contribution is 2.42. The zero-order valence-electron chi connectivity index (χ0n) is 17.4. The van der Waals surface area contributed by atoms with E-state index < -0.39 is 10.0 Å². The minimum atomic E-state index is -3.77. The molecule has 0 aliphatic heterocycles. The topological polar surface area (TPSA) is 121 Å². The van der Waals surface area contributed by atoms with E-state index in [1.807, 2.05) is 18.2 Å². The van der Waals surface area contributed by atoms with E-state index in [2.05, 4.69) is 11.2 Å². The molecule has 0 atom stereocenters. The maximum absolute atomic E-state index is 12.6. The number of hydrogen-bond donors (Lipinski definition) is 2. The standard InChI is InChI=1S/C23H25ClN4O3S/c24-18-3-1-2-17(14-18)23(15-25)12-10-19(11-13-23)28-22(29)9-8-21(27-28)16-4-6-20(7-5-16)32(26,30)31/h1-9,14,19H,10-13,15,25H2,(H2,26,30,31). The van der Waals surface area contributed by atoms with Crippen molar-refractivity contribution in [2.45, 2.75) is 42.0 Å². The Morgan fingerprint density at radius 2 is 1.75 bits per heavy atom. The summed E-state index contributed by atoms with van der Waals surface area (Å²) in [6.45, 7) is 0.513. The van der Waals surface area contributed by atoms with Crippen molar-refractivity contribution in [3.05, 3.63) is 81.6 Å². The molecule has 168 valence electrons. The van der Waals surface area contributed by atoms with Gasteiger partial charge in [-0.15, -0.1) is 0 Å². The molecule has 1 fully saturated rings. The van der Waals surface area contributed by atoms with Crippen LogP contribution >= 0.6 is 11.6 Å². The molecule has 1 aliphatic carbocycles. The molecule has 0 bridgehead atoms. The Hall–Kier alpha value is -2.52. The molecule has 1 heterocycles. The molecule has 1 aromatic heterocycles. The molecular weight excluding hydrogens is 448 g/mol. The lowest BCUT2D eigenvalue weighted by Crippen LogP contribution is -2.41. The Morgan fingerprint density at radius 3 is 2.34 bits per heavy atom. The van der Waals surface area contributed by atoms with Gasteiger partial charge in [-0.2, -0.15) is 5.10 Å². The van der Waals surface area contributed by atoms with Gasteiger partial charge in [-0.25, -0.2) is 18.2 Å². The van der Waals surface area contributed by atoms with Gasteiger partial charge in [0.1, 0.15) is 0 Å². The number of hydrogen-bond acceptors (Lipinski definition) is 5. The minimum absolute atomic E-state index is 0.0287. The highest BCUT2D eigenvalue weighted by molar-refractivity contribution is 7.89. The summed E-state index contributed by atoms with van der Waals surface area (Å²) in [7, 11) is -3.77. The van der Waals surface area contributed by atoms with Crippen LogP contribution in [0.2, 0.25) is 5.02 Å². The third-order valence-electron chi connectivity index (χ3n) is 6.39. The van der Waals surface area contributed by atoms with E-state index in [4.69, 9.17) is 22.5 Å². The monoisotopic (exact) mass is 472 g/mol. The maximum atomic E-state index is 12.6. The van der Waals surface area contributed by atoms with Crippen molar-refractivity contribution in [1.29, 1.82) is 0 Å². The highest BCUT2D eigenvalue weighted by Gasteiger charge is 2.37. The normalized spacial score (nSPS) is 21.4. The van der Waals surface area contributed by atoms with Crippen LogP contribution in [0.1, 0.15) is 37.3 Å². The molecule has 0 unspecified atom stereocenters. The van der Waals surface area contributed by atoms with E-state index in [0.29, 0.717) is 22.8 Å². The van der Waals surface area contributed by atoms with Crippen LogP contribution in [0.25, 0.3) is 11.3 Å². The Kier molecular flexibility index (Phi) is 6.22. The summed E-state index contributed by atoms with van der Waals surface area (Å²) >= 11 is 6.20. The summed E-state index contributed by atoms with van der Waals surface area (Å²) in [5.41, 5.74) is 8.31. The first-order chi connectivity index (χ1) is 15.2. The van der Waals surface area contributed by atoms with Gasteiger partial charge in [-0.1, -0.05) is 35.9 Å². The van der Waals surface area contributed by atoms with E-state index in [1.54, 1.807) is 22.9 Å². The predicted octanol–water partition coefficient (Wildman–Crippen LogP) is 3.22. The molecule has 4 N–H and O–H groups in total. The SMILES string of the molecule is NCC1(c2cccc(Cl)c2)CCC(n2nc(-c3ccc(S(N)(=O)=O)cc3)ccc2=O)CC1. The third kappa shape index (κ3) is 4.49. The smallest absolute Gasteiger partial charge is 0.267 e. The third-order valence-corrected chi connectivity index (χ3v) is 7.55. The van der Waals surface area contributed by atoms with Crippen molar-refractivity contribution < 1.29 is 8.42 Å². The number of rotatable bonds is 5. The number of halogens is 1. The molecular formula is C23H25ClN4O3S. The molecule has 2 aromatic carbocycles. The second-order valence-electron chi connectivity index (χ2n) is 8.30. The lowest BCUT2D eigenvalue weighted by molar-refractivity contribution is 0.222. The number of sulfonamides is 1. The van der Waals surface area contributed by atoms with E-state index in [-0.39, 0.29) is 21.9 Å². The van der Waals surface area contributed by atoms with Gasteiger partial charge < -0.3 is 5.73 Å². The Labute approximate surface area is 192 Å². The summed E-state index contributed by atoms with van der Waals surface area (Å²) in [6, 6.07) is 17.1. The van der Waals surface area contributed by atoms with Crippen LogP contribution in [0.5, 0.6) is 0 Å². The fourth-order valence-electron chi connectivity index (χ4n) is 4.48. The van der Waals surface area contributed by atoms with Crippen molar-refractivity contribution in [3.63, 3.8) is 0 Å². The van der Waals surface area contributed by atoms with Gasteiger partial charge in [0.2, 0.25) is 10.0 Å². The summed E-state index contributed by atoms with van der Waals surface area (Å²) in [6.07, 6.45) is 3.20. The number of aromatic nitrogens is 2. The van der Waals surface area contributed by atoms with E-state index in [1.165, 1.54) is 18.2 Å². The van der Waals surface area contributed by atoms with Crippen molar-refractivity contribution in [2.24, 2.45) is 10.9 Å². The van der Waals surface area contributed by atoms with Gasteiger partial charge in [0, 0.05) is 28.6 Å². The van der Waals surface area contributed by atoms with Crippen LogP contribution < -0.4 is 16.4 Å². The molecule has 0 amide bonds. The number of nitrogens with two attached hydrogens (primary N) is 2. The van der Waals surface area contributed by atoms with Crippen molar-refractivity contribution in [3.8, 4) is 11.3 Å². The van der Waals surface area contributed by atoms with Crippen LogP contribution in [0.3, 0.4) is 0 Å². The quantitative estimate of drug-likeness (QED) is 0.590. The second kappa shape index (κ2) is 8.78. The first kappa shape index (κ1) is 22.7. The maximum Gasteiger partial charge on any atom is 0.267 e. The Morgan fingerprint density at radius 1 is 1.06 bits per heavy atom. The first-order valence-corrected chi connectivity index (χ1v) is 12.3. The van der Waals surface area contributed by atoms with Gasteiger partial charge >= 0.3 is 0 Å². The molecule has 0 radical (unpaired) electrons. The molecule has 3 aromatic rings. The molecule has 9 heteroatoms. The molecule has 4 rings (SSSR count). The van der Waals surface area contributed by atoms with E-state index >= 15 is 0 Å². The summed E-state index contributed by atoms with van der Waals surface area (Å²) < 4.78 is 24.5. The molecule has 0 saturated heterocycles. The van der Waals surface area contributed by atoms with Gasteiger partial charge in [-0.3, -0.25) is 4.79 Å². The van der Waals surface area contributed by atoms with Crippen LogP contribution in [0.4, 0.5) is 0 Å². The highest BCUT2D eigenvalue weighted by atomic mass is 35.5. The van der Waals surface area contributed by atoms with Crippen LogP contribution in [-0.2, 0) is 15.4 Å². The Bertz CT molecular complexity index is 1280. The molecule has 32 heavy (non-hydrogen) atoms. The minimum Gasteiger partial charge on any atom is -0.330 e. The van der Waals surface area contributed by atoms with Crippen LogP contribution in [0, 0.1) is 0 Å². The second-order valence-corrected chi connectivity index (χ2v) is 10.3. The average Bonchev–Trinajstić information content (AvgIpc) is 2.79. The fourth-order valence-corrected chi connectivity index (χ4v) is 5.19. The average molecular weight is 473 g/mol. The van der Waals surface area contributed by atoms with Crippen molar-refractivity contribution in [2.75, 3.05) is 6.54 Å². The number of benzene rings is 2. The summed E-state index contributed by atoms with van der Waals surface area (Å²) in [5, 5.41) is 10.4. The zero-order valence-corrected chi connectivity index (χ0v) is 19.0. The first-order valence-electron chi connectivity index (χ1n) is 10.4. The molecule has 1 saturated carbocycles. The molecule has 0 spiro atoms. The van der Waals surface area contributed by atoms with Gasteiger partial charge in [-0.05, 0) is 61.6 Å². The fraction of sp³-hybridized carbons (Fsp3) is 0.304. The van der Waals surface area contributed by atoms with Gasteiger partial charge in [0.05, 0.1) is 16.6 Å². The summed E-state index contributed by atoms with van der Waals surface area (Å²) in [4.78, 5) is 12.6. The van der Waals surface area contributed by atoms with Gasteiger partial charge in [0.25, 0.3) is 5.56 Å². The summed E-state index contributed by atoms with van der Waals surface area (Å²) in [5.74, 6) is 0. The lowest BCUT2D eigenvalue weighted by Gasteiger charge is -2.40.